The number of carbonyl (C=O) groups is 2. The number of hydrogen-bond acceptors (Lipinski definition) is 3. The van der Waals surface area contributed by atoms with Crippen molar-refractivity contribution >= 4 is 23.2 Å². The third-order valence-electron chi connectivity index (χ3n) is 3.92. The molecule has 0 aliphatic rings. The molecule has 5 nitrogen and oxygen atoms in total. The van der Waals surface area contributed by atoms with E-state index in [2.05, 4.69) is 10.6 Å². The summed E-state index contributed by atoms with van der Waals surface area (Å²) in [5.41, 5.74) is 2.31. The van der Waals surface area contributed by atoms with Crippen LogP contribution in [0.4, 0.5) is 15.8 Å². The lowest BCUT2D eigenvalue weighted by atomic mass is 10.1. The summed E-state index contributed by atoms with van der Waals surface area (Å²) < 4.78 is 13.5. The third kappa shape index (κ3) is 6.20. The zero-order chi connectivity index (χ0) is 18.9. The third-order valence-corrected chi connectivity index (χ3v) is 3.92. The Kier molecular flexibility index (Phi) is 7.14. The molecule has 0 aliphatic heterocycles. The van der Waals surface area contributed by atoms with Gasteiger partial charge in [-0.15, -0.1) is 0 Å². The summed E-state index contributed by atoms with van der Waals surface area (Å²) >= 11 is 0. The van der Waals surface area contributed by atoms with Gasteiger partial charge in [0.1, 0.15) is 5.82 Å². The van der Waals surface area contributed by atoms with Crippen LogP contribution in [-0.4, -0.2) is 32.5 Å². The molecular formula is C20H24FN3O2. The Labute approximate surface area is 153 Å². The van der Waals surface area contributed by atoms with Gasteiger partial charge in [-0.05, 0) is 48.7 Å². The highest BCUT2D eigenvalue weighted by atomic mass is 19.1. The fraction of sp³-hybridized carbons (Fsp3) is 0.300. The molecule has 2 aromatic rings. The average Bonchev–Trinajstić information content (AvgIpc) is 2.62. The van der Waals surface area contributed by atoms with Crippen LogP contribution in [0.25, 0.3) is 0 Å². The number of anilines is 2. The largest absolute Gasteiger partial charge is 0.378 e. The van der Waals surface area contributed by atoms with Crippen molar-refractivity contribution in [3.63, 3.8) is 0 Å². The zero-order valence-corrected chi connectivity index (χ0v) is 15.1. The first-order valence-electron chi connectivity index (χ1n) is 8.53. The van der Waals surface area contributed by atoms with E-state index in [4.69, 9.17) is 0 Å². The van der Waals surface area contributed by atoms with Crippen LogP contribution in [0.5, 0.6) is 0 Å². The topological polar surface area (TPSA) is 61.4 Å². The van der Waals surface area contributed by atoms with Crippen LogP contribution in [-0.2, 0) is 16.0 Å². The van der Waals surface area contributed by atoms with Crippen LogP contribution in [0.15, 0.2) is 48.5 Å². The minimum absolute atomic E-state index is 0.0893. The number of nitrogens with one attached hydrogen (secondary N) is 2. The number of hydrogen-bond donors (Lipinski definition) is 2. The van der Waals surface area contributed by atoms with Gasteiger partial charge in [-0.25, -0.2) is 4.39 Å². The molecule has 6 heteroatoms. The lowest BCUT2D eigenvalue weighted by Crippen LogP contribution is -2.32. The highest BCUT2D eigenvalue weighted by Crippen LogP contribution is 2.15. The van der Waals surface area contributed by atoms with Crippen molar-refractivity contribution in [1.82, 2.24) is 5.32 Å². The van der Waals surface area contributed by atoms with Gasteiger partial charge in [0.25, 0.3) is 0 Å². The number of aryl methyl sites for hydroxylation is 1. The standard InChI is InChI=1S/C20H24FN3O2/c1-24(2)17-12-10-16(11-13-17)23-20(26)14-22-19(25)9-5-7-15-6-3-4-8-18(15)21/h3-4,6,8,10-13H,5,7,9,14H2,1-2H3,(H,22,25)(H,23,26). The molecule has 2 amide bonds. The predicted octanol–water partition coefficient (Wildman–Crippen LogP) is 2.97. The van der Waals surface area contributed by atoms with E-state index in [0.29, 0.717) is 24.1 Å². The minimum Gasteiger partial charge on any atom is -0.378 e. The van der Waals surface area contributed by atoms with Gasteiger partial charge in [0.2, 0.25) is 11.8 Å². The maximum atomic E-state index is 13.5. The molecule has 26 heavy (non-hydrogen) atoms. The van der Waals surface area contributed by atoms with Gasteiger partial charge in [0.05, 0.1) is 6.54 Å². The highest BCUT2D eigenvalue weighted by molar-refractivity contribution is 5.94. The van der Waals surface area contributed by atoms with E-state index in [1.54, 1.807) is 18.2 Å². The average molecular weight is 357 g/mol. The lowest BCUT2D eigenvalue weighted by molar-refractivity contribution is -0.124. The molecule has 138 valence electrons. The van der Waals surface area contributed by atoms with Gasteiger partial charge in [-0.3, -0.25) is 9.59 Å². The Bertz CT molecular complexity index is 745. The van der Waals surface area contributed by atoms with Gasteiger partial charge in [-0.1, -0.05) is 18.2 Å². The van der Waals surface area contributed by atoms with E-state index in [9.17, 15) is 14.0 Å². The van der Waals surface area contributed by atoms with Crippen LogP contribution in [0.1, 0.15) is 18.4 Å². The Morgan fingerprint density at radius 1 is 1.00 bits per heavy atom. The number of carbonyl (C=O) groups excluding carboxylic acids is 2. The van der Waals surface area contributed by atoms with E-state index in [0.717, 1.165) is 5.69 Å². The smallest absolute Gasteiger partial charge is 0.243 e. The van der Waals surface area contributed by atoms with Crippen molar-refractivity contribution in [2.45, 2.75) is 19.3 Å². The molecule has 0 bridgehead atoms. The summed E-state index contributed by atoms with van der Waals surface area (Å²) in [6.45, 7) is -0.0893. The van der Waals surface area contributed by atoms with Crippen LogP contribution in [0.3, 0.4) is 0 Å². The summed E-state index contributed by atoms with van der Waals surface area (Å²) in [7, 11) is 3.88. The quantitative estimate of drug-likeness (QED) is 0.764. The second-order valence-electron chi connectivity index (χ2n) is 6.21. The summed E-state index contributed by atoms with van der Waals surface area (Å²) in [5.74, 6) is -0.767. The second-order valence-corrected chi connectivity index (χ2v) is 6.21. The summed E-state index contributed by atoms with van der Waals surface area (Å²) in [6.07, 6.45) is 1.27. The van der Waals surface area contributed by atoms with Crippen molar-refractivity contribution in [3.05, 3.63) is 59.9 Å². The molecule has 0 aromatic heterocycles. The predicted molar refractivity (Wildman–Crippen MR) is 102 cm³/mol. The van der Waals surface area contributed by atoms with E-state index < -0.39 is 0 Å². The molecule has 2 rings (SSSR count). The molecule has 0 spiro atoms. The molecule has 0 fully saturated rings. The van der Waals surface area contributed by atoms with Crippen LogP contribution in [0.2, 0.25) is 0 Å². The first-order chi connectivity index (χ1) is 12.5. The fourth-order valence-corrected chi connectivity index (χ4v) is 2.46. The number of halogens is 1. The first-order valence-corrected chi connectivity index (χ1v) is 8.53. The van der Waals surface area contributed by atoms with Crippen molar-refractivity contribution < 1.29 is 14.0 Å². The number of rotatable bonds is 8. The van der Waals surface area contributed by atoms with Crippen LogP contribution < -0.4 is 15.5 Å². The van der Waals surface area contributed by atoms with Gasteiger partial charge < -0.3 is 15.5 Å². The Balaban J connectivity index is 1.68. The molecule has 0 heterocycles. The molecule has 0 aliphatic carbocycles. The second kappa shape index (κ2) is 9.56. The molecule has 0 saturated heterocycles. The molecule has 2 aromatic carbocycles. The highest BCUT2D eigenvalue weighted by Gasteiger charge is 2.07. The van der Waals surface area contributed by atoms with Gasteiger partial charge in [0, 0.05) is 31.9 Å². The van der Waals surface area contributed by atoms with Gasteiger partial charge >= 0.3 is 0 Å². The Hall–Kier alpha value is -2.89. The molecule has 2 N–H and O–H groups in total. The van der Waals surface area contributed by atoms with E-state index in [1.165, 1.54) is 6.07 Å². The zero-order valence-electron chi connectivity index (χ0n) is 15.1. The molecule has 0 atom stereocenters. The number of amides is 2. The van der Waals surface area contributed by atoms with E-state index in [-0.39, 0.29) is 30.6 Å². The maximum absolute atomic E-state index is 13.5. The Morgan fingerprint density at radius 3 is 2.35 bits per heavy atom. The molecule has 0 unspecified atom stereocenters. The van der Waals surface area contributed by atoms with Crippen molar-refractivity contribution in [3.8, 4) is 0 Å². The minimum atomic E-state index is -0.287. The molecular weight excluding hydrogens is 333 g/mol. The molecule has 0 saturated carbocycles. The van der Waals surface area contributed by atoms with Gasteiger partial charge in [0.15, 0.2) is 0 Å². The van der Waals surface area contributed by atoms with E-state index in [1.807, 2.05) is 43.3 Å². The Morgan fingerprint density at radius 2 is 1.69 bits per heavy atom. The number of nitrogens with zero attached hydrogens (tertiary/aromatic N) is 1. The van der Waals surface area contributed by atoms with Crippen LogP contribution >= 0.6 is 0 Å². The van der Waals surface area contributed by atoms with E-state index >= 15 is 0 Å². The summed E-state index contributed by atoms with van der Waals surface area (Å²) in [5, 5.41) is 5.31. The van der Waals surface area contributed by atoms with Gasteiger partial charge in [-0.2, -0.15) is 0 Å². The first kappa shape index (κ1) is 19.4. The van der Waals surface area contributed by atoms with Crippen molar-refractivity contribution in [1.29, 1.82) is 0 Å². The van der Waals surface area contributed by atoms with Crippen LogP contribution in [0, 0.1) is 5.82 Å². The lowest BCUT2D eigenvalue weighted by Gasteiger charge is -2.13. The fourth-order valence-electron chi connectivity index (χ4n) is 2.46. The monoisotopic (exact) mass is 357 g/mol. The molecule has 0 radical (unpaired) electrons. The number of benzene rings is 2. The summed E-state index contributed by atoms with van der Waals surface area (Å²) in [4.78, 5) is 25.7. The maximum Gasteiger partial charge on any atom is 0.243 e. The normalized spacial score (nSPS) is 10.3. The van der Waals surface area contributed by atoms with Crippen molar-refractivity contribution in [2.75, 3.05) is 30.9 Å². The van der Waals surface area contributed by atoms with Crippen molar-refractivity contribution in [2.24, 2.45) is 0 Å². The summed E-state index contributed by atoms with van der Waals surface area (Å²) in [6, 6.07) is 13.9. The SMILES string of the molecule is CN(C)c1ccc(NC(=O)CNC(=O)CCCc2ccccc2F)cc1.